The molecule has 0 unspecified atom stereocenters. The van der Waals surface area contributed by atoms with Crippen LogP contribution >= 0.6 is 22.6 Å². The smallest absolute Gasteiger partial charge is 0.257 e. The van der Waals surface area contributed by atoms with Crippen molar-refractivity contribution in [2.75, 3.05) is 32.8 Å². The van der Waals surface area contributed by atoms with E-state index in [0.717, 1.165) is 29.0 Å². The molecule has 1 aromatic rings. The van der Waals surface area contributed by atoms with Crippen molar-refractivity contribution < 1.29 is 9.53 Å². The van der Waals surface area contributed by atoms with Gasteiger partial charge in [-0.2, -0.15) is 0 Å². The molecule has 0 atom stereocenters. The summed E-state index contributed by atoms with van der Waals surface area (Å²) in [6.07, 6.45) is 5.24. The molecule has 0 spiro atoms. The number of likely N-dealkylation sites (tertiary alicyclic amines) is 1. The third-order valence-corrected chi connectivity index (χ3v) is 4.35. The largest absolute Gasteiger partial charge is 0.484 e. The van der Waals surface area contributed by atoms with E-state index in [0.29, 0.717) is 6.54 Å². The van der Waals surface area contributed by atoms with Crippen LogP contribution in [0.5, 0.6) is 5.75 Å². The van der Waals surface area contributed by atoms with Gasteiger partial charge in [-0.1, -0.05) is 12.8 Å². The highest BCUT2D eigenvalue weighted by Crippen LogP contribution is 2.13. The molecule has 1 amide bonds. The van der Waals surface area contributed by atoms with Gasteiger partial charge in [0.25, 0.3) is 5.91 Å². The van der Waals surface area contributed by atoms with Crippen LogP contribution in [0.25, 0.3) is 0 Å². The van der Waals surface area contributed by atoms with Gasteiger partial charge in [0.15, 0.2) is 6.61 Å². The molecule has 2 rings (SSSR count). The highest BCUT2D eigenvalue weighted by molar-refractivity contribution is 14.1. The van der Waals surface area contributed by atoms with Gasteiger partial charge in [0.2, 0.25) is 0 Å². The van der Waals surface area contributed by atoms with Crippen molar-refractivity contribution in [2.24, 2.45) is 0 Å². The standard InChI is InChI=1S/C16H23IN2O2/c17-14-5-7-15(8-6-14)21-13-16(20)18-9-12-19-10-3-1-2-4-11-19/h5-8H,1-4,9-13H2,(H,18,20). The molecule has 0 radical (unpaired) electrons. The summed E-state index contributed by atoms with van der Waals surface area (Å²) in [5.41, 5.74) is 0. The van der Waals surface area contributed by atoms with E-state index in [-0.39, 0.29) is 12.5 Å². The van der Waals surface area contributed by atoms with Crippen molar-refractivity contribution in [1.82, 2.24) is 10.2 Å². The molecule has 1 N–H and O–H groups in total. The molecule has 1 heterocycles. The number of ether oxygens (including phenoxy) is 1. The molecule has 21 heavy (non-hydrogen) atoms. The molecule has 1 fully saturated rings. The van der Waals surface area contributed by atoms with Gasteiger partial charge in [-0.25, -0.2) is 0 Å². The minimum absolute atomic E-state index is 0.0524. The van der Waals surface area contributed by atoms with Gasteiger partial charge < -0.3 is 15.0 Å². The van der Waals surface area contributed by atoms with E-state index in [2.05, 4.69) is 32.8 Å². The van der Waals surface area contributed by atoms with Crippen LogP contribution in [-0.4, -0.2) is 43.6 Å². The highest BCUT2D eigenvalue weighted by atomic mass is 127. The van der Waals surface area contributed by atoms with Gasteiger partial charge in [0.1, 0.15) is 5.75 Å². The lowest BCUT2D eigenvalue weighted by Gasteiger charge is -2.19. The fraction of sp³-hybridized carbons (Fsp3) is 0.562. The first-order valence-corrected chi connectivity index (χ1v) is 8.69. The third kappa shape index (κ3) is 6.65. The number of halogens is 1. The van der Waals surface area contributed by atoms with Gasteiger partial charge in [0, 0.05) is 16.7 Å². The number of carbonyl (C=O) groups excluding carboxylic acids is 1. The molecule has 4 nitrogen and oxygen atoms in total. The topological polar surface area (TPSA) is 41.6 Å². The Hall–Kier alpha value is -0.820. The van der Waals surface area contributed by atoms with E-state index in [4.69, 9.17) is 4.74 Å². The number of nitrogens with zero attached hydrogens (tertiary/aromatic N) is 1. The molecule has 1 aliphatic rings. The Bertz CT molecular complexity index is 428. The summed E-state index contributed by atoms with van der Waals surface area (Å²) >= 11 is 2.24. The number of hydrogen-bond acceptors (Lipinski definition) is 3. The van der Waals surface area contributed by atoms with E-state index in [1.54, 1.807) is 0 Å². The van der Waals surface area contributed by atoms with Crippen molar-refractivity contribution in [2.45, 2.75) is 25.7 Å². The number of carbonyl (C=O) groups is 1. The molecule has 0 aromatic heterocycles. The normalized spacial score (nSPS) is 16.2. The molecular formula is C16H23IN2O2. The molecule has 1 aromatic carbocycles. The van der Waals surface area contributed by atoms with Gasteiger partial charge >= 0.3 is 0 Å². The summed E-state index contributed by atoms with van der Waals surface area (Å²) in [6, 6.07) is 7.69. The Morgan fingerprint density at radius 2 is 1.81 bits per heavy atom. The van der Waals surface area contributed by atoms with Crippen LogP contribution in [-0.2, 0) is 4.79 Å². The zero-order valence-corrected chi connectivity index (χ0v) is 14.5. The number of hydrogen-bond donors (Lipinski definition) is 1. The van der Waals surface area contributed by atoms with Crippen molar-refractivity contribution in [3.05, 3.63) is 27.8 Å². The molecule has 1 aliphatic heterocycles. The van der Waals surface area contributed by atoms with Gasteiger partial charge in [-0.15, -0.1) is 0 Å². The van der Waals surface area contributed by atoms with E-state index in [1.165, 1.54) is 25.7 Å². The zero-order chi connectivity index (χ0) is 14.9. The summed E-state index contributed by atoms with van der Waals surface area (Å²) < 4.78 is 6.61. The lowest BCUT2D eigenvalue weighted by Crippen LogP contribution is -2.37. The second-order valence-corrected chi connectivity index (χ2v) is 6.59. The monoisotopic (exact) mass is 402 g/mol. The second-order valence-electron chi connectivity index (χ2n) is 5.35. The Morgan fingerprint density at radius 1 is 1.14 bits per heavy atom. The Kier molecular flexibility index (Phi) is 7.29. The van der Waals surface area contributed by atoms with Crippen molar-refractivity contribution in [3.63, 3.8) is 0 Å². The summed E-state index contributed by atoms with van der Waals surface area (Å²) in [6.45, 7) is 4.05. The van der Waals surface area contributed by atoms with Gasteiger partial charge in [-0.05, 0) is 72.8 Å². The lowest BCUT2D eigenvalue weighted by atomic mass is 10.2. The van der Waals surface area contributed by atoms with Crippen LogP contribution in [0.15, 0.2) is 24.3 Å². The van der Waals surface area contributed by atoms with E-state index >= 15 is 0 Å². The van der Waals surface area contributed by atoms with Crippen molar-refractivity contribution in [1.29, 1.82) is 0 Å². The molecule has 0 saturated carbocycles. The maximum atomic E-state index is 11.7. The van der Waals surface area contributed by atoms with Crippen LogP contribution in [0, 0.1) is 3.57 Å². The first-order chi connectivity index (χ1) is 10.2. The molecule has 0 bridgehead atoms. The summed E-state index contributed by atoms with van der Waals surface area (Å²) in [5, 5.41) is 2.92. The zero-order valence-electron chi connectivity index (χ0n) is 12.3. The predicted molar refractivity (Wildman–Crippen MR) is 92.6 cm³/mol. The SMILES string of the molecule is O=C(COc1ccc(I)cc1)NCCN1CCCCCC1. The van der Waals surface area contributed by atoms with Crippen molar-refractivity contribution >= 4 is 28.5 Å². The minimum Gasteiger partial charge on any atom is -0.484 e. The third-order valence-electron chi connectivity index (χ3n) is 3.63. The fourth-order valence-electron chi connectivity index (χ4n) is 2.44. The van der Waals surface area contributed by atoms with E-state index in [9.17, 15) is 4.79 Å². The van der Waals surface area contributed by atoms with E-state index in [1.807, 2.05) is 24.3 Å². The minimum atomic E-state index is -0.0524. The van der Waals surface area contributed by atoms with Crippen molar-refractivity contribution in [3.8, 4) is 5.75 Å². The average molecular weight is 402 g/mol. The first kappa shape index (κ1) is 16.5. The number of benzene rings is 1. The maximum absolute atomic E-state index is 11.7. The maximum Gasteiger partial charge on any atom is 0.257 e. The van der Waals surface area contributed by atoms with E-state index < -0.39 is 0 Å². The quantitative estimate of drug-likeness (QED) is 0.745. The molecule has 1 saturated heterocycles. The van der Waals surface area contributed by atoms with Crippen LogP contribution < -0.4 is 10.1 Å². The number of rotatable bonds is 6. The van der Waals surface area contributed by atoms with Crippen LogP contribution in [0.3, 0.4) is 0 Å². The number of nitrogens with one attached hydrogen (secondary N) is 1. The summed E-state index contributed by atoms with van der Waals surface area (Å²) in [4.78, 5) is 14.2. The predicted octanol–water partition coefficient (Wildman–Crippen LogP) is 2.66. The van der Waals surface area contributed by atoms with Gasteiger partial charge in [-0.3, -0.25) is 4.79 Å². The Morgan fingerprint density at radius 3 is 2.48 bits per heavy atom. The fourth-order valence-corrected chi connectivity index (χ4v) is 2.80. The summed E-state index contributed by atoms with van der Waals surface area (Å²) in [5.74, 6) is 0.682. The number of amides is 1. The molecule has 0 aliphatic carbocycles. The lowest BCUT2D eigenvalue weighted by molar-refractivity contribution is -0.123. The van der Waals surface area contributed by atoms with Crippen LogP contribution in [0.1, 0.15) is 25.7 Å². The Labute approximate surface area is 140 Å². The first-order valence-electron chi connectivity index (χ1n) is 7.61. The molecule has 5 heteroatoms. The van der Waals surface area contributed by atoms with Gasteiger partial charge in [0.05, 0.1) is 0 Å². The second kappa shape index (κ2) is 9.25. The summed E-state index contributed by atoms with van der Waals surface area (Å²) in [7, 11) is 0. The highest BCUT2D eigenvalue weighted by Gasteiger charge is 2.09. The van der Waals surface area contributed by atoms with Crippen LogP contribution in [0.4, 0.5) is 0 Å². The average Bonchev–Trinajstić information content (AvgIpc) is 2.75. The Balaban J connectivity index is 1.59. The van der Waals surface area contributed by atoms with Crippen LogP contribution in [0.2, 0.25) is 0 Å². The molecular weight excluding hydrogens is 379 g/mol. The molecule has 116 valence electrons.